The first-order valence-corrected chi connectivity index (χ1v) is 21.5. The number of esters is 2. The van der Waals surface area contributed by atoms with E-state index in [0.29, 0.717) is 12.8 Å². The largest absolute Gasteiger partial charge is 0.544 e. The monoisotopic (exact) mass is 770 g/mol. The van der Waals surface area contributed by atoms with Gasteiger partial charge in [-0.05, 0) is 77.0 Å². The lowest BCUT2D eigenvalue weighted by atomic mass is 10.1. The van der Waals surface area contributed by atoms with Gasteiger partial charge in [0, 0.05) is 19.3 Å². The molecule has 0 fully saturated rings. The second-order valence-corrected chi connectivity index (χ2v) is 15.2. The van der Waals surface area contributed by atoms with Crippen LogP contribution in [0.15, 0.2) is 72.9 Å². The van der Waals surface area contributed by atoms with Crippen LogP contribution in [0.25, 0.3) is 0 Å². The summed E-state index contributed by atoms with van der Waals surface area (Å²) in [6.45, 7) is 4.45. The van der Waals surface area contributed by atoms with Crippen molar-refractivity contribution in [2.75, 3.05) is 41.0 Å². The highest BCUT2D eigenvalue weighted by Crippen LogP contribution is 2.12. The van der Waals surface area contributed by atoms with Crippen molar-refractivity contribution in [2.45, 2.75) is 167 Å². The molecule has 0 saturated heterocycles. The molecule has 0 radical (unpaired) electrons. The summed E-state index contributed by atoms with van der Waals surface area (Å²) in [6.07, 6.45) is 46.3. The maximum absolute atomic E-state index is 12.7. The summed E-state index contributed by atoms with van der Waals surface area (Å²) < 4.78 is 17.1. The van der Waals surface area contributed by atoms with Crippen molar-refractivity contribution in [1.29, 1.82) is 0 Å². The van der Waals surface area contributed by atoms with Gasteiger partial charge in [0.05, 0.1) is 40.3 Å². The Morgan fingerprint density at radius 3 is 1.64 bits per heavy atom. The van der Waals surface area contributed by atoms with Crippen LogP contribution in [0.2, 0.25) is 0 Å². The van der Waals surface area contributed by atoms with Crippen LogP contribution in [0.4, 0.5) is 0 Å². The van der Waals surface area contributed by atoms with Gasteiger partial charge in [-0.15, -0.1) is 0 Å². The van der Waals surface area contributed by atoms with Gasteiger partial charge in [-0.3, -0.25) is 9.59 Å². The van der Waals surface area contributed by atoms with Crippen molar-refractivity contribution in [2.24, 2.45) is 0 Å². The molecule has 2 atom stereocenters. The van der Waals surface area contributed by atoms with Crippen LogP contribution in [0.5, 0.6) is 0 Å². The summed E-state index contributed by atoms with van der Waals surface area (Å²) >= 11 is 0. The minimum atomic E-state index is -1.13. The highest BCUT2D eigenvalue weighted by atomic mass is 16.6. The Morgan fingerprint density at radius 1 is 0.582 bits per heavy atom. The number of ether oxygens (including phenoxy) is 3. The van der Waals surface area contributed by atoms with Crippen LogP contribution in [0, 0.1) is 0 Å². The molecule has 0 aliphatic rings. The third-order valence-electron chi connectivity index (χ3n) is 9.10. The molecule has 314 valence electrons. The zero-order chi connectivity index (χ0) is 40.7. The fourth-order valence-electron chi connectivity index (χ4n) is 5.76. The van der Waals surface area contributed by atoms with Gasteiger partial charge in [-0.25, -0.2) is 0 Å². The van der Waals surface area contributed by atoms with Gasteiger partial charge < -0.3 is 28.6 Å². The molecular formula is C47H79NO7. The molecule has 0 aromatic rings. The maximum Gasteiger partial charge on any atom is 0.306 e. The lowest BCUT2D eigenvalue weighted by molar-refractivity contribution is -0.889. The molecule has 0 amide bonds. The van der Waals surface area contributed by atoms with Crippen LogP contribution >= 0.6 is 0 Å². The summed E-state index contributed by atoms with van der Waals surface area (Å²) in [4.78, 5) is 36.8. The Labute approximate surface area is 336 Å². The number of hydrogen-bond acceptors (Lipinski definition) is 7. The number of aliphatic carboxylic acids is 1. The molecule has 0 saturated carbocycles. The molecule has 8 heteroatoms. The van der Waals surface area contributed by atoms with Gasteiger partial charge in [-0.2, -0.15) is 0 Å². The fraction of sp³-hybridized carbons (Fsp3) is 0.681. The number of allylic oxidation sites excluding steroid dienone is 12. The average Bonchev–Trinajstić information content (AvgIpc) is 3.14. The number of rotatable bonds is 37. The number of hydrogen-bond donors (Lipinski definition) is 0. The molecule has 0 aromatic heterocycles. The van der Waals surface area contributed by atoms with E-state index >= 15 is 0 Å². The Morgan fingerprint density at radius 2 is 1.07 bits per heavy atom. The van der Waals surface area contributed by atoms with Gasteiger partial charge in [-0.1, -0.05) is 132 Å². The molecular weight excluding hydrogens is 691 g/mol. The van der Waals surface area contributed by atoms with Gasteiger partial charge in [0.25, 0.3) is 0 Å². The van der Waals surface area contributed by atoms with E-state index in [1.54, 1.807) is 21.1 Å². The van der Waals surface area contributed by atoms with Crippen molar-refractivity contribution in [1.82, 2.24) is 0 Å². The Kier molecular flexibility index (Phi) is 35.5. The van der Waals surface area contributed by atoms with Crippen molar-refractivity contribution in [3.63, 3.8) is 0 Å². The van der Waals surface area contributed by atoms with E-state index in [-0.39, 0.29) is 42.7 Å². The first-order valence-electron chi connectivity index (χ1n) is 21.5. The number of carboxylic acids is 1. The number of quaternary nitrogens is 1. The summed E-state index contributed by atoms with van der Waals surface area (Å²) in [5.74, 6) is -1.80. The van der Waals surface area contributed by atoms with Crippen LogP contribution in [0.3, 0.4) is 0 Å². The number of carbonyl (C=O) groups excluding carboxylic acids is 3. The highest BCUT2D eigenvalue weighted by Gasteiger charge is 2.25. The lowest BCUT2D eigenvalue weighted by Crippen LogP contribution is -2.55. The van der Waals surface area contributed by atoms with Crippen LogP contribution < -0.4 is 5.11 Å². The third kappa shape index (κ3) is 36.2. The van der Waals surface area contributed by atoms with E-state index in [2.05, 4.69) is 86.8 Å². The highest BCUT2D eigenvalue weighted by molar-refractivity contribution is 5.70. The Balaban J connectivity index is 4.45. The zero-order valence-corrected chi connectivity index (χ0v) is 35.6. The SMILES string of the molecule is CC/C=C/C/C=C/C/C=C/C/C=C/CCCCCC(=O)OCC(COCCC(C(=O)[O-])[N+](C)(C)C)OC(=O)CCCCCCCC/C=C/C=C/CCCCC. The van der Waals surface area contributed by atoms with Crippen molar-refractivity contribution in [3.8, 4) is 0 Å². The first-order chi connectivity index (χ1) is 26.6. The van der Waals surface area contributed by atoms with Crippen molar-refractivity contribution in [3.05, 3.63) is 72.9 Å². The third-order valence-corrected chi connectivity index (χ3v) is 9.10. The van der Waals surface area contributed by atoms with Gasteiger partial charge in [0.2, 0.25) is 0 Å². The fourth-order valence-corrected chi connectivity index (χ4v) is 5.76. The molecule has 0 rings (SSSR count). The predicted molar refractivity (Wildman–Crippen MR) is 226 cm³/mol. The summed E-state index contributed by atoms with van der Waals surface area (Å²) in [7, 11) is 5.38. The topological polar surface area (TPSA) is 102 Å². The summed E-state index contributed by atoms with van der Waals surface area (Å²) in [6, 6.07) is -0.736. The predicted octanol–water partition coefficient (Wildman–Crippen LogP) is 10.2. The first kappa shape index (κ1) is 51.8. The molecule has 0 spiro atoms. The number of nitrogens with zero attached hydrogens (tertiary/aromatic N) is 1. The van der Waals surface area contributed by atoms with Crippen molar-refractivity contribution < 1.29 is 38.2 Å². The average molecular weight is 770 g/mol. The van der Waals surface area contributed by atoms with Crippen LogP contribution in [-0.4, -0.2) is 75.5 Å². The second kappa shape index (κ2) is 37.7. The zero-order valence-electron chi connectivity index (χ0n) is 35.6. The van der Waals surface area contributed by atoms with Gasteiger partial charge in [0.15, 0.2) is 6.10 Å². The molecule has 0 N–H and O–H groups in total. The van der Waals surface area contributed by atoms with E-state index in [9.17, 15) is 19.5 Å². The quantitative estimate of drug-likeness (QED) is 0.0204. The van der Waals surface area contributed by atoms with E-state index in [0.717, 1.165) is 89.9 Å². The number of likely N-dealkylation sites (N-methyl/N-ethyl adjacent to an activating group) is 1. The molecule has 2 unspecified atom stereocenters. The second-order valence-electron chi connectivity index (χ2n) is 15.2. The molecule has 0 bridgehead atoms. The minimum Gasteiger partial charge on any atom is -0.544 e. The van der Waals surface area contributed by atoms with E-state index in [1.807, 2.05) is 0 Å². The van der Waals surface area contributed by atoms with Crippen LogP contribution in [-0.2, 0) is 28.6 Å². The number of unbranched alkanes of at least 4 members (excludes halogenated alkanes) is 12. The summed E-state index contributed by atoms with van der Waals surface area (Å²) in [5.41, 5.74) is 0. The van der Waals surface area contributed by atoms with Crippen LogP contribution in [0.1, 0.15) is 155 Å². The lowest BCUT2D eigenvalue weighted by Gasteiger charge is -2.34. The summed E-state index contributed by atoms with van der Waals surface area (Å²) in [5, 5.41) is 11.6. The van der Waals surface area contributed by atoms with E-state index < -0.39 is 18.1 Å². The molecule has 0 heterocycles. The molecule has 0 aliphatic heterocycles. The Bertz CT molecular complexity index is 1130. The molecule has 0 aliphatic carbocycles. The molecule has 0 aromatic carbocycles. The van der Waals surface area contributed by atoms with E-state index in [1.165, 1.54) is 32.1 Å². The van der Waals surface area contributed by atoms with Gasteiger partial charge >= 0.3 is 11.9 Å². The van der Waals surface area contributed by atoms with Gasteiger partial charge in [0.1, 0.15) is 12.6 Å². The minimum absolute atomic E-state index is 0.0217. The maximum atomic E-state index is 12.7. The normalized spacial score (nSPS) is 13.7. The Hall–Kier alpha value is -3.23. The van der Waals surface area contributed by atoms with E-state index in [4.69, 9.17) is 14.2 Å². The smallest absolute Gasteiger partial charge is 0.306 e. The standard InChI is InChI=1S/C47H79NO7/c1-6-8-10-12-14-16-18-20-22-24-25-27-29-31-33-35-37-45(49)54-42-43(41-53-40-39-44(47(51)52)48(3,4)5)55-46(50)38-36-34-32-30-28-26-23-21-19-17-15-13-11-9-7-2/h8,10,14-17,19-22,25,27,43-44H,6-7,9,11-13,18,23-24,26,28-42H2,1-5H3/b10-8+,16-14+,17-15+,21-19+,22-20+,27-25+. The van der Waals surface area contributed by atoms with Crippen molar-refractivity contribution >= 4 is 17.9 Å². The molecule has 8 nitrogen and oxygen atoms in total. The molecule has 55 heavy (non-hydrogen) atoms. The number of carbonyl (C=O) groups is 3. The number of carboxylic acid groups (broad SMARTS) is 1.